The first-order chi connectivity index (χ1) is 15.7. The highest BCUT2D eigenvalue weighted by atomic mass is 79.9. The number of benzene rings is 1. The summed E-state index contributed by atoms with van der Waals surface area (Å²) in [6.07, 6.45) is 9.00. The summed E-state index contributed by atoms with van der Waals surface area (Å²) in [5.74, 6) is 3.51. The molecule has 2 fully saturated rings. The zero-order valence-electron chi connectivity index (χ0n) is 18.3. The lowest BCUT2D eigenvalue weighted by Gasteiger charge is -2.30. The molecule has 4 heterocycles. The molecule has 170 valence electrons. The Balaban J connectivity index is 1.42. The van der Waals surface area contributed by atoms with Crippen molar-refractivity contribution in [2.24, 2.45) is 5.10 Å². The molecule has 9 nitrogen and oxygen atoms in total. The highest BCUT2D eigenvalue weighted by Gasteiger charge is 2.21. The van der Waals surface area contributed by atoms with Gasteiger partial charge in [-0.15, -0.1) is 0 Å². The summed E-state index contributed by atoms with van der Waals surface area (Å²) >= 11 is 3.58. The van der Waals surface area contributed by atoms with Crippen LogP contribution in [0.4, 0.5) is 17.8 Å². The Hall–Kier alpha value is -2.62. The number of hydrogen-bond donors (Lipinski definition) is 0. The molecule has 10 heteroatoms. The molecule has 0 amide bonds. The number of anilines is 3. The molecule has 0 bridgehead atoms. The van der Waals surface area contributed by atoms with E-state index in [1.165, 1.54) is 38.5 Å². The molecular weight excluding hydrogens is 474 g/mol. The van der Waals surface area contributed by atoms with Gasteiger partial charge < -0.3 is 19.3 Å². The van der Waals surface area contributed by atoms with Crippen molar-refractivity contribution in [3.63, 3.8) is 0 Å². The van der Waals surface area contributed by atoms with Crippen LogP contribution in [0.25, 0.3) is 0 Å². The lowest BCUT2D eigenvalue weighted by molar-refractivity contribution is 0.174. The Morgan fingerprint density at radius 3 is 2.03 bits per heavy atom. The van der Waals surface area contributed by atoms with Crippen molar-refractivity contribution in [3.05, 3.63) is 22.2 Å². The molecule has 0 radical (unpaired) electrons. The average molecular weight is 502 g/mol. The van der Waals surface area contributed by atoms with Crippen molar-refractivity contribution in [1.29, 1.82) is 0 Å². The van der Waals surface area contributed by atoms with Crippen LogP contribution in [0.2, 0.25) is 0 Å². The van der Waals surface area contributed by atoms with E-state index in [4.69, 9.17) is 24.4 Å². The Bertz CT molecular complexity index is 954. The minimum Gasteiger partial charge on any atom is -0.454 e. The van der Waals surface area contributed by atoms with Crippen LogP contribution in [0.1, 0.15) is 44.1 Å². The molecule has 3 aliphatic heterocycles. The summed E-state index contributed by atoms with van der Waals surface area (Å²) in [6.45, 7) is 4.19. The SMILES string of the molecule is CN(/N=C/c1cc2c(cc1Br)OCO2)c1nc(N2CCCCC2)nc(N2CCCCC2)n1. The van der Waals surface area contributed by atoms with Gasteiger partial charge in [-0.05, 0) is 66.6 Å². The van der Waals surface area contributed by atoms with Crippen LogP contribution in [0.5, 0.6) is 11.5 Å². The molecule has 0 aliphatic carbocycles. The van der Waals surface area contributed by atoms with Gasteiger partial charge in [-0.2, -0.15) is 20.1 Å². The highest BCUT2D eigenvalue weighted by Crippen LogP contribution is 2.36. The van der Waals surface area contributed by atoms with E-state index in [0.29, 0.717) is 5.95 Å². The number of ether oxygens (including phenoxy) is 2. The summed E-state index contributed by atoms with van der Waals surface area (Å²) < 4.78 is 11.8. The first-order valence-electron chi connectivity index (χ1n) is 11.3. The molecule has 5 rings (SSSR count). The van der Waals surface area contributed by atoms with E-state index in [-0.39, 0.29) is 6.79 Å². The zero-order chi connectivity index (χ0) is 21.9. The van der Waals surface area contributed by atoms with Gasteiger partial charge in [-0.1, -0.05) is 0 Å². The average Bonchev–Trinajstić information content (AvgIpc) is 3.30. The molecule has 2 saturated heterocycles. The number of piperidine rings is 2. The van der Waals surface area contributed by atoms with E-state index in [0.717, 1.165) is 59.6 Å². The van der Waals surface area contributed by atoms with Gasteiger partial charge in [0.05, 0.1) is 6.21 Å². The Morgan fingerprint density at radius 2 is 1.44 bits per heavy atom. The number of halogens is 1. The fraction of sp³-hybridized carbons (Fsp3) is 0.545. The van der Waals surface area contributed by atoms with Crippen molar-refractivity contribution in [3.8, 4) is 11.5 Å². The van der Waals surface area contributed by atoms with Gasteiger partial charge in [-0.3, -0.25) is 0 Å². The monoisotopic (exact) mass is 501 g/mol. The lowest BCUT2D eigenvalue weighted by atomic mass is 10.1. The van der Waals surface area contributed by atoms with Crippen LogP contribution in [0, 0.1) is 0 Å². The second kappa shape index (κ2) is 9.48. The molecule has 0 atom stereocenters. The van der Waals surface area contributed by atoms with Crippen molar-refractivity contribution in [1.82, 2.24) is 15.0 Å². The fourth-order valence-electron chi connectivity index (χ4n) is 4.19. The highest BCUT2D eigenvalue weighted by molar-refractivity contribution is 9.10. The number of hydrogen-bond acceptors (Lipinski definition) is 9. The summed E-state index contributed by atoms with van der Waals surface area (Å²) in [4.78, 5) is 18.9. The second-order valence-corrected chi connectivity index (χ2v) is 9.18. The molecule has 1 aromatic heterocycles. The fourth-order valence-corrected chi connectivity index (χ4v) is 4.62. The molecule has 0 spiro atoms. The van der Waals surface area contributed by atoms with E-state index in [1.54, 1.807) is 11.2 Å². The summed E-state index contributed by atoms with van der Waals surface area (Å²) in [7, 11) is 1.87. The number of fused-ring (bicyclic) bond motifs is 1. The molecule has 1 aromatic carbocycles. The van der Waals surface area contributed by atoms with Crippen molar-refractivity contribution in [2.45, 2.75) is 38.5 Å². The quantitative estimate of drug-likeness (QED) is 0.451. The van der Waals surface area contributed by atoms with Crippen molar-refractivity contribution >= 4 is 40.0 Å². The van der Waals surface area contributed by atoms with Crippen LogP contribution in [0.3, 0.4) is 0 Å². The van der Waals surface area contributed by atoms with E-state index < -0.39 is 0 Å². The van der Waals surface area contributed by atoms with Crippen LogP contribution in [0.15, 0.2) is 21.7 Å². The number of nitrogens with zero attached hydrogens (tertiary/aromatic N) is 7. The van der Waals surface area contributed by atoms with Gasteiger partial charge in [0.1, 0.15) is 0 Å². The van der Waals surface area contributed by atoms with E-state index >= 15 is 0 Å². The molecule has 3 aliphatic rings. The maximum atomic E-state index is 5.49. The lowest BCUT2D eigenvalue weighted by Crippen LogP contribution is -2.35. The molecule has 32 heavy (non-hydrogen) atoms. The van der Waals surface area contributed by atoms with Gasteiger partial charge in [0.2, 0.25) is 18.7 Å². The van der Waals surface area contributed by atoms with Gasteiger partial charge in [0.25, 0.3) is 5.95 Å². The topological polar surface area (TPSA) is 79.2 Å². The predicted molar refractivity (Wildman–Crippen MR) is 128 cm³/mol. The van der Waals surface area contributed by atoms with E-state index in [2.05, 4.69) is 30.8 Å². The smallest absolute Gasteiger partial charge is 0.252 e. The van der Waals surface area contributed by atoms with Gasteiger partial charge in [0.15, 0.2) is 11.5 Å². The molecule has 2 aromatic rings. The zero-order valence-corrected chi connectivity index (χ0v) is 19.9. The van der Waals surface area contributed by atoms with Crippen LogP contribution < -0.4 is 24.3 Å². The Morgan fingerprint density at radius 1 is 0.875 bits per heavy atom. The Labute approximate surface area is 196 Å². The largest absolute Gasteiger partial charge is 0.454 e. The molecule has 0 unspecified atom stereocenters. The van der Waals surface area contributed by atoms with Crippen molar-refractivity contribution < 1.29 is 9.47 Å². The van der Waals surface area contributed by atoms with E-state index in [9.17, 15) is 0 Å². The number of aromatic nitrogens is 3. The molecule has 0 saturated carbocycles. The van der Waals surface area contributed by atoms with E-state index in [1.807, 2.05) is 19.2 Å². The third kappa shape index (κ3) is 4.60. The summed E-state index contributed by atoms with van der Waals surface area (Å²) in [5.41, 5.74) is 0.891. The predicted octanol–water partition coefficient (Wildman–Crippen LogP) is 3.81. The second-order valence-electron chi connectivity index (χ2n) is 8.33. The molecule has 0 N–H and O–H groups in total. The van der Waals surface area contributed by atoms with Crippen LogP contribution in [-0.4, -0.2) is 61.2 Å². The van der Waals surface area contributed by atoms with Crippen LogP contribution in [-0.2, 0) is 0 Å². The molecular formula is C22H28BrN7O2. The maximum Gasteiger partial charge on any atom is 0.252 e. The third-order valence-electron chi connectivity index (χ3n) is 6.03. The third-order valence-corrected chi connectivity index (χ3v) is 6.72. The van der Waals surface area contributed by atoms with Crippen molar-refractivity contribution in [2.75, 3.05) is 54.8 Å². The first-order valence-corrected chi connectivity index (χ1v) is 12.1. The summed E-state index contributed by atoms with van der Waals surface area (Å²) in [6, 6.07) is 3.81. The maximum absolute atomic E-state index is 5.49. The number of rotatable bonds is 5. The standard InChI is InChI=1S/C22H28BrN7O2/c1-28(24-14-16-12-18-19(13-17(16)23)32-15-31-18)20-25-21(29-8-4-2-5-9-29)27-22(26-20)30-10-6-3-7-11-30/h12-14H,2-11,15H2,1H3/b24-14+. The normalized spacial score (nSPS) is 18.4. The van der Waals surface area contributed by atoms with Crippen LogP contribution >= 0.6 is 15.9 Å². The first kappa shape index (κ1) is 21.2. The van der Waals surface area contributed by atoms with Gasteiger partial charge in [-0.25, -0.2) is 5.01 Å². The summed E-state index contributed by atoms with van der Waals surface area (Å²) in [5, 5.41) is 6.32. The van der Waals surface area contributed by atoms with Gasteiger partial charge >= 0.3 is 0 Å². The Kier molecular flexibility index (Phi) is 6.29. The van der Waals surface area contributed by atoms with Gasteiger partial charge in [0, 0.05) is 43.3 Å². The minimum atomic E-state index is 0.242. The number of hydrazone groups is 1. The minimum absolute atomic E-state index is 0.242.